The Hall–Kier alpha value is -2.45. The van der Waals surface area contributed by atoms with Gasteiger partial charge in [0.15, 0.2) is 0 Å². The minimum absolute atomic E-state index is 0.218. The van der Waals surface area contributed by atoms with E-state index in [-0.39, 0.29) is 18.3 Å². The number of nitrogens with zero attached hydrogens (tertiary/aromatic N) is 2. The lowest BCUT2D eigenvalue weighted by molar-refractivity contribution is -0.120. The average Bonchev–Trinajstić information content (AvgIpc) is 2.77. The van der Waals surface area contributed by atoms with Gasteiger partial charge in [0, 0.05) is 23.8 Å². The van der Waals surface area contributed by atoms with Crippen LogP contribution in [0, 0.1) is 5.92 Å². The molecule has 0 aliphatic carbocycles. The summed E-state index contributed by atoms with van der Waals surface area (Å²) in [5.41, 5.74) is 2.35. The van der Waals surface area contributed by atoms with Crippen LogP contribution in [0.1, 0.15) is 38.3 Å². The number of halogens is 1. The van der Waals surface area contributed by atoms with Crippen LogP contribution in [-0.2, 0) is 14.8 Å². The third-order valence-electron chi connectivity index (χ3n) is 6.02. The molecule has 2 aromatic rings. The van der Waals surface area contributed by atoms with Gasteiger partial charge in [0.05, 0.1) is 25.1 Å². The lowest BCUT2D eigenvalue weighted by atomic mass is 9.98. The predicted molar refractivity (Wildman–Crippen MR) is 134 cm³/mol. The molecule has 0 aromatic heterocycles. The molecular formula is C24H32ClN3O4S. The van der Waals surface area contributed by atoms with Crippen LogP contribution in [0.2, 0.25) is 5.02 Å². The Kier molecular flexibility index (Phi) is 8.13. The number of amides is 1. The predicted octanol–water partition coefficient (Wildman–Crippen LogP) is 4.23. The zero-order chi connectivity index (χ0) is 24.2. The summed E-state index contributed by atoms with van der Waals surface area (Å²) >= 11 is 6.06. The average molecular weight is 494 g/mol. The Balaban J connectivity index is 1.69. The second-order valence-electron chi connectivity index (χ2n) is 8.64. The van der Waals surface area contributed by atoms with Crippen LogP contribution in [0.4, 0.5) is 11.4 Å². The lowest BCUT2D eigenvalue weighted by Crippen LogP contribution is -2.41. The molecule has 3 rings (SSSR count). The van der Waals surface area contributed by atoms with Gasteiger partial charge in [-0.3, -0.25) is 9.10 Å². The van der Waals surface area contributed by atoms with Crippen molar-refractivity contribution in [3.05, 3.63) is 53.1 Å². The largest absolute Gasteiger partial charge is 0.495 e. The van der Waals surface area contributed by atoms with E-state index in [1.165, 1.54) is 31.7 Å². The molecule has 1 heterocycles. The van der Waals surface area contributed by atoms with Crippen molar-refractivity contribution in [2.45, 2.75) is 32.7 Å². The van der Waals surface area contributed by atoms with E-state index >= 15 is 0 Å². The highest BCUT2D eigenvalue weighted by Crippen LogP contribution is 2.32. The summed E-state index contributed by atoms with van der Waals surface area (Å²) in [5.74, 6) is 0.659. The van der Waals surface area contributed by atoms with Crippen LogP contribution in [0.5, 0.6) is 5.75 Å². The molecular weight excluding hydrogens is 462 g/mol. The standard InChI is InChI=1S/C24H32ClN3O4S/c1-17-11-13-27(14-12-17)21-8-5-19(6-9-21)18(2)26-24(29)16-28(33(4,30)31)22-15-20(25)7-10-23(22)32-3/h5-10,15,17-18H,11-14,16H2,1-4H3,(H,26,29). The molecule has 1 N–H and O–H groups in total. The van der Waals surface area contributed by atoms with E-state index in [0.29, 0.717) is 10.8 Å². The summed E-state index contributed by atoms with van der Waals surface area (Å²) in [6, 6.07) is 12.5. The van der Waals surface area contributed by atoms with E-state index in [2.05, 4.69) is 29.3 Å². The van der Waals surface area contributed by atoms with E-state index in [9.17, 15) is 13.2 Å². The summed E-state index contributed by atoms with van der Waals surface area (Å²) in [5, 5.41) is 3.24. The van der Waals surface area contributed by atoms with E-state index < -0.39 is 15.9 Å². The molecule has 1 aliphatic rings. The molecule has 0 radical (unpaired) electrons. The number of anilines is 2. The van der Waals surface area contributed by atoms with Crippen LogP contribution in [0.3, 0.4) is 0 Å². The summed E-state index contributed by atoms with van der Waals surface area (Å²) in [6.45, 7) is 5.89. The summed E-state index contributed by atoms with van der Waals surface area (Å²) in [6.07, 6.45) is 3.44. The van der Waals surface area contributed by atoms with Gasteiger partial charge in [-0.15, -0.1) is 0 Å². The van der Waals surface area contributed by atoms with Crippen molar-refractivity contribution in [2.75, 3.05) is 42.2 Å². The minimum Gasteiger partial charge on any atom is -0.495 e. The number of methoxy groups -OCH3 is 1. The Morgan fingerprint density at radius 3 is 2.42 bits per heavy atom. The first kappa shape index (κ1) is 25.2. The van der Waals surface area contributed by atoms with E-state index in [4.69, 9.17) is 16.3 Å². The highest BCUT2D eigenvalue weighted by Gasteiger charge is 2.25. The number of carbonyl (C=O) groups is 1. The van der Waals surface area contributed by atoms with Gasteiger partial charge in [0.25, 0.3) is 0 Å². The van der Waals surface area contributed by atoms with Crippen molar-refractivity contribution in [2.24, 2.45) is 5.92 Å². The molecule has 0 saturated carbocycles. The van der Waals surface area contributed by atoms with Crippen molar-refractivity contribution in [3.63, 3.8) is 0 Å². The quantitative estimate of drug-likeness (QED) is 0.595. The van der Waals surface area contributed by atoms with Crippen molar-refractivity contribution >= 4 is 38.9 Å². The molecule has 1 atom stereocenters. The molecule has 1 fully saturated rings. The number of rotatable bonds is 8. The van der Waals surface area contributed by atoms with E-state index in [1.807, 2.05) is 19.1 Å². The first-order chi connectivity index (χ1) is 15.6. The Bertz CT molecular complexity index is 1070. The first-order valence-electron chi connectivity index (χ1n) is 11.0. The number of hydrogen-bond donors (Lipinski definition) is 1. The van der Waals surface area contributed by atoms with Gasteiger partial charge in [-0.25, -0.2) is 8.42 Å². The third kappa shape index (κ3) is 6.54. The Labute approximate surface area is 201 Å². The monoisotopic (exact) mass is 493 g/mol. The third-order valence-corrected chi connectivity index (χ3v) is 7.38. The maximum Gasteiger partial charge on any atom is 0.241 e. The van der Waals surface area contributed by atoms with Crippen LogP contribution in [0.25, 0.3) is 0 Å². The second-order valence-corrected chi connectivity index (χ2v) is 11.0. The minimum atomic E-state index is -3.76. The number of benzene rings is 2. The molecule has 9 heteroatoms. The van der Waals surface area contributed by atoms with Crippen LogP contribution >= 0.6 is 11.6 Å². The van der Waals surface area contributed by atoms with E-state index in [0.717, 1.165) is 35.1 Å². The highest BCUT2D eigenvalue weighted by molar-refractivity contribution is 7.92. The number of piperidine rings is 1. The van der Waals surface area contributed by atoms with Gasteiger partial charge in [0.1, 0.15) is 12.3 Å². The molecule has 0 spiro atoms. The van der Waals surface area contributed by atoms with Gasteiger partial charge in [-0.05, 0) is 61.6 Å². The number of hydrogen-bond acceptors (Lipinski definition) is 5. The molecule has 1 aliphatic heterocycles. The zero-order valence-electron chi connectivity index (χ0n) is 19.5. The van der Waals surface area contributed by atoms with E-state index in [1.54, 1.807) is 12.1 Å². The normalized spacial score (nSPS) is 15.7. The first-order valence-corrected chi connectivity index (χ1v) is 13.3. The molecule has 7 nitrogen and oxygen atoms in total. The molecule has 33 heavy (non-hydrogen) atoms. The number of nitrogens with one attached hydrogen (secondary N) is 1. The topological polar surface area (TPSA) is 79.0 Å². The molecule has 0 bridgehead atoms. The lowest BCUT2D eigenvalue weighted by Gasteiger charge is -2.32. The SMILES string of the molecule is COc1ccc(Cl)cc1N(CC(=O)NC(C)c1ccc(N2CCC(C)CC2)cc1)S(C)(=O)=O. The fourth-order valence-electron chi connectivity index (χ4n) is 3.98. The maximum absolute atomic E-state index is 12.8. The number of sulfonamides is 1. The zero-order valence-corrected chi connectivity index (χ0v) is 21.1. The number of ether oxygens (including phenoxy) is 1. The van der Waals surface area contributed by atoms with Gasteiger partial charge in [0.2, 0.25) is 15.9 Å². The summed E-state index contributed by atoms with van der Waals surface area (Å²) in [4.78, 5) is 15.2. The Morgan fingerprint density at radius 1 is 1.21 bits per heavy atom. The molecule has 180 valence electrons. The van der Waals surface area contributed by atoms with Crippen LogP contribution in [0.15, 0.2) is 42.5 Å². The van der Waals surface area contributed by atoms with Gasteiger partial charge in [-0.2, -0.15) is 0 Å². The molecule has 1 amide bonds. The van der Waals surface area contributed by atoms with Gasteiger partial charge < -0.3 is 15.0 Å². The van der Waals surface area contributed by atoms with Crippen LogP contribution in [-0.4, -0.2) is 47.3 Å². The fourth-order valence-corrected chi connectivity index (χ4v) is 5.00. The highest BCUT2D eigenvalue weighted by atomic mass is 35.5. The smallest absolute Gasteiger partial charge is 0.241 e. The summed E-state index contributed by atoms with van der Waals surface area (Å²) < 4.78 is 31.2. The van der Waals surface area contributed by atoms with Crippen molar-refractivity contribution < 1.29 is 17.9 Å². The second kappa shape index (κ2) is 10.7. The van der Waals surface area contributed by atoms with Crippen molar-refractivity contribution in [1.29, 1.82) is 0 Å². The number of carbonyl (C=O) groups excluding carboxylic acids is 1. The van der Waals surface area contributed by atoms with Crippen molar-refractivity contribution in [1.82, 2.24) is 5.32 Å². The fraction of sp³-hybridized carbons (Fsp3) is 0.458. The van der Waals surface area contributed by atoms with Gasteiger partial charge >= 0.3 is 0 Å². The van der Waals surface area contributed by atoms with Gasteiger partial charge in [-0.1, -0.05) is 30.7 Å². The molecule has 1 saturated heterocycles. The maximum atomic E-state index is 12.8. The van der Waals surface area contributed by atoms with Crippen molar-refractivity contribution in [3.8, 4) is 5.75 Å². The Morgan fingerprint density at radius 2 is 1.85 bits per heavy atom. The molecule has 1 unspecified atom stereocenters. The molecule has 2 aromatic carbocycles. The summed E-state index contributed by atoms with van der Waals surface area (Å²) in [7, 11) is -2.32. The van der Waals surface area contributed by atoms with Crippen LogP contribution < -0.4 is 19.3 Å².